The lowest BCUT2D eigenvalue weighted by Gasteiger charge is -2.01. The van der Waals surface area contributed by atoms with E-state index in [0.717, 1.165) is 0 Å². The molecule has 0 fully saturated rings. The molecule has 0 aliphatic carbocycles. The Morgan fingerprint density at radius 1 is 1.45 bits per heavy atom. The molecule has 0 atom stereocenters. The van der Waals surface area contributed by atoms with Gasteiger partial charge in [-0.25, -0.2) is 13.8 Å². The number of halogens is 2. The Kier molecular flexibility index (Phi) is 2.03. The quantitative estimate of drug-likeness (QED) is 0.678. The molecule has 11 heavy (non-hydrogen) atoms. The van der Waals surface area contributed by atoms with E-state index in [9.17, 15) is 8.78 Å². The summed E-state index contributed by atoms with van der Waals surface area (Å²) in [6.45, 7) is 1.63. The van der Waals surface area contributed by atoms with E-state index in [2.05, 4.69) is 4.98 Å². The second kappa shape index (κ2) is 2.82. The fourth-order valence-corrected chi connectivity index (χ4v) is 0.848. The van der Waals surface area contributed by atoms with Crippen LogP contribution in [-0.2, 0) is 0 Å². The zero-order chi connectivity index (χ0) is 8.43. The molecule has 1 rings (SSSR count). The predicted molar refractivity (Wildman–Crippen MR) is 38.3 cm³/mol. The van der Waals surface area contributed by atoms with Gasteiger partial charge in [0.1, 0.15) is 5.82 Å². The SMILES string of the molecule is Cc1cc(C(F)F)cc(N)n1. The van der Waals surface area contributed by atoms with Crippen LogP contribution in [-0.4, -0.2) is 4.98 Å². The molecule has 1 aromatic heterocycles. The molecule has 2 N–H and O–H groups in total. The molecule has 4 heteroatoms. The molecule has 1 aromatic rings. The minimum Gasteiger partial charge on any atom is -0.384 e. The van der Waals surface area contributed by atoms with Crippen LogP contribution in [0.1, 0.15) is 17.7 Å². The third kappa shape index (κ3) is 1.86. The van der Waals surface area contributed by atoms with Crippen LogP contribution in [0, 0.1) is 6.92 Å². The van der Waals surface area contributed by atoms with Crippen molar-refractivity contribution < 1.29 is 8.78 Å². The van der Waals surface area contributed by atoms with Gasteiger partial charge < -0.3 is 5.73 Å². The van der Waals surface area contributed by atoms with Crippen molar-refractivity contribution in [1.29, 1.82) is 0 Å². The van der Waals surface area contributed by atoms with Crippen molar-refractivity contribution in [2.45, 2.75) is 13.3 Å². The maximum absolute atomic E-state index is 12.0. The minimum absolute atomic E-state index is 0.0741. The summed E-state index contributed by atoms with van der Waals surface area (Å²) in [5.41, 5.74) is 5.69. The first kappa shape index (κ1) is 7.91. The summed E-state index contributed by atoms with van der Waals surface area (Å²) in [6.07, 6.45) is -2.47. The van der Waals surface area contributed by atoms with Gasteiger partial charge in [-0.3, -0.25) is 0 Å². The number of nitrogens with two attached hydrogens (primary N) is 1. The Balaban J connectivity index is 3.08. The Bertz CT molecular complexity index is 240. The molecular formula is C7H8F2N2. The molecule has 0 aromatic carbocycles. The average Bonchev–Trinajstić information content (AvgIpc) is 1.85. The third-order valence-electron chi connectivity index (χ3n) is 1.25. The molecule has 2 nitrogen and oxygen atoms in total. The normalized spacial score (nSPS) is 10.5. The van der Waals surface area contributed by atoms with Gasteiger partial charge in [0, 0.05) is 11.3 Å². The Morgan fingerprint density at radius 3 is 2.55 bits per heavy atom. The lowest BCUT2D eigenvalue weighted by Crippen LogP contribution is -1.95. The van der Waals surface area contributed by atoms with E-state index in [1.807, 2.05) is 0 Å². The third-order valence-corrected chi connectivity index (χ3v) is 1.25. The number of nitrogens with zero attached hydrogens (tertiary/aromatic N) is 1. The van der Waals surface area contributed by atoms with Crippen LogP contribution in [0.3, 0.4) is 0 Å². The van der Waals surface area contributed by atoms with Crippen LogP contribution in [0.25, 0.3) is 0 Å². The monoisotopic (exact) mass is 158 g/mol. The maximum atomic E-state index is 12.0. The van der Waals surface area contributed by atoms with Gasteiger partial charge in [0.2, 0.25) is 0 Å². The van der Waals surface area contributed by atoms with Crippen LogP contribution >= 0.6 is 0 Å². The van der Waals surface area contributed by atoms with Crippen molar-refractivity contribution in [1.82, 2.24) is 4.98 Å². The molecule has 60 valence electrons. The Labute approximate surface area is 63.1 Å². The van der Waals surface area contributed by atoms with Crippen LogP contribution in [0.2, 0.25) is 0 Å². The van der Waals surface area contributed by atoms with E-state index in [4.69, 9.17) is 5.73 Å². The van der Waals surface area contributed by atoms with Gasteiger partial charge in [-0.15, -0.1) is 0 Å². The van der Waals surface area contributed by atoms with Crippen molar-refractivity contribution >= 4 is 5.82 Å². The first-order chi connectivity index (χ1) is 5.09. The van der Waals surface area contributed by atoms with Gasteiger partial charge in [-0.1, -0.05) is 0 Å². The number of anilines is 1. The van der Waals surface area contributed by atoms with E-state index in [1.54, 1.807) is 6.92 Å². The highest BCUT2D eigenvalue weighted by Gasteiger charge is 2.07. The predicted octanol–water partition coefficient (Wildman–Crippen LogP) is 1.91. The smallest absolute Gasteiger partial charge is 0.264 e. The first-order valence-electron chi connectivity index (χ1n) is 3.12. The van der Waals surface area contributed by atoms with E-state index >= 15 is 0 Å². The van der Waals surface area contributed by atoms with E-state index in [0.29, 0.717) is 5.69 Å². The number of hydrogen-bond donors (Lipinski definition) is 1. The molecule has 0 saturated carbocycles. The summed E-state index contributed by atoms with van der Waals surface area (Å²) in [6, 6.07) is 2.50. The van der Waals surface area contributed by atoms with Crippen LogP contribution in [0.4, 0.5) is 14.6 Å². The first-order valence-corrected chi connectivity index (χ1v) is 3.12. The van der Waals surface area contributed by atoms with Crippen molar-refractivity contribution in [3.8, 4) is 0 Å². The molecule has 0 saturated heterocycles. The Morgan fingerprint density at radius 2 is 2.09 bits per heavy atom. The van der Waals surface area contributed by atoms with Crippen LogP contribution in [0.15, 0.2) is 12.1 Å². The van der Waals surface area contributed by atoms with E-state index in [1.165, 1.54) is 12.1 Å². The van der Waals surface area contributed by atoms with Crippen LogP contribution < -0.4 is 5.73 Å². The fraction of sp³-hybridized carbons (Fsp3) is 0.286. The zero-order valence-corrected chi connectivity index (χ0v) is 6.01. The number of aromatic nitrogens is 1. The van der Waals surface area contributed by atoms with Crippen molar-refractivity contribution in [3.63, 3.8) is 0 Å². The summed E-state index contributed by atoms with van der Waals surface area (Å²) in [4.78, 5) is 3.76. The Hall–Kier alpha value is -1.19. The zero-order valence-electron chi connectivity index (χ0n) is 6.01. The summed E-state index contributed by atoms with van der Waals surface area (Å²) < 4.78 is 24.1. The molecule has 1 heterocycles. The minimum atomic E-state index is -2.47. The maximum Gasteiger partial charge on any atom is 0.264 e. The summed E-state index contributed by atoms with van der Waals surface area (Å²) in [5.74, 6) is 0.139. The highest BCUT2D eigenvalue weighted by Crippen LogP contribution is 2.20. The molecular weight excluding hydrogens is 150 g/mol. The highest BCUT2D eigenvalue weighted by molar-refractivity contribution is 5.34. The molecule has 0 spiro atoms. The second-order valence-corrected chi connectivity index (χ2v) is 2.27. The van der Waals surface area contributed by atoms with Crippen molar-refractivity contribution in [3.05, 3.63) is 23.4 Å². The average molecular weight is 158 g/mol. The second-order valence-electron chi connectivity index (χ2n) is 2.27. The number of hydrogen-bond acceptors (Lipinski definition) is 2. The fourth-order valence-electron chi connectivity index (χ4n) is 0.848. The molecule has 0 aliphatic rings. The summed E-state index contributed by atoms with van der Waals surface area (Å²) >= 11 is 0. The standard InChI is InChI=1S/C7H8F2N2/c1-4-2-5(7(8)9)3-6(10)11-4/h2-3,7H,1H3,(H2,10,11). The topological polar surface area (TPSA) is 38.9 Å². The van der Waals surface area contributed by atoms with Crippen LogP contribution in [0.5, 0.6) is 0 Å². The van der Waals surface area contributed by atoms with Gasteiger partial charge in [0.25, 0.3) is 6.43 Å². The van der Waals surface area contributed by atoms with Gasteiger partial charge in [-0.2, -0.15) is 0 Å². The largest absolute Gasteiger partial charge is 0.384 e. The summed E-state index contributed by atoms with van der Waals surface area (Å²) in [7, 11) is 0. The van der Waals surface area contributed by atoms with Gasteiger partial charge in [0.15, 0.2) is 0 Å². The molecule has 0 amide bonds. The highest BCUT2D eigenvalue weighted by atomic mass is 19.3. The number of rotatable bonds is 1. The molecule has 0 bridgehead atoms. The lowest BCUT2D eigenvalue weighted by atomic mass is 10.2. The van der Waals surface area contributed by atoms with Crippen molar-refractivity contribution in [2.24, 2.45) is 0 Å². The van der Waals surface area contributed by atoms with Gasteiger partial charge in [-0.05, 0) is 19.1 Å². The van der Waals surface area contributed by atoms with Gasteiger partial charge >= 0.3 is 0 Å². The molecule has 0 unspecified atom stereocenters. The summed E-state index contributed by atoms with van der Waals surface area (Å²) in [5, 5.41) is 0. The van der Waals surface area contributed by atoms with E-state index < -0.39 is 6.43 Å². The van der Waals surface area contributed by atoms with Crippen molar-refractivity contribution in [2.75, 3.05) is 5.73 Å². The number of aryl methyl sites for hydroxylation is 1. The number of pyridine rings is 1. The molecule has 0 radical (unpaired) electrons. The van der Waals surface area contributed by atoms with E-state index in [-0.39, 0.29) is 11.4 Å². The van der Waals surface area contributed by atoms with Gasteiger partial charge in [0.05, 0.1) is 0 Å². The number of nitrogen functional groups attached to an aromatic ring is 1. The lowest BCUT2D eigenvalue weighted by molar-refractivity contribution is 0.151. The number of alkyl halides is 2. The molecule has 0 aliphatic heterocycles.